The van der Waals surface area contributed by atoms with E-state index in [0.29, 0.717) is 0 Å². The molecule has 26 heavy (non-hydrogen) atoms. The van der Waals surface area contributed by atoms with E-state index in [-0.39, 0.29) is 11.9 Å². The van der Waals surface area contributed by atoms with Crippen molar-refractivity contribution in [3.8, 4) is 11.4 Å². The fraction of sp³-hybridized carbons (Fsp3) is 0.474. The van der Waals surface area contributed by atoms with Gasteiger partial charge in [0.25, 0.3) is 0 Å². The Morgan fingerprint density at radius 3 is 2.88 bits per heavy atom. The van der Waals surface area contributed by atoms with Gasteiger partial charge in [-0.15, -0.1) is 0 Å². The predicted octanol–water partition coefficient (Wildman–Crippen LogP) is 1.24. The number of hydrogen-bond donors (Lipinski definition) is 1. The summed E-state index contributed by atoms with van der Waals surface area (Å²) in [6.45, 7) is 5.08. The largest absolute Gasteiger partial charge is 0.354 e. The van der Waals surface area contributed by atoms with E-state index >= 15 is 0 Å². The zero-order valence-electron chi connectivity index (χ0n) is 15.3. The van der Waals surface area contributed by atoms with Crippen LogP contribution < -0.4 is 10.2 Å². The molecule has 0 saturated carbocycles. The van der Waals surface area contributed by atoms with Crippen LogP contribution in [-0.2, 0) is 17.8 Å². The summed E-state index contributed by atoms with van der Waals surface area (Å²) >= 11 is 0. The van der Waals surface area contributed by atoms with Gasteiger partial charge in [-0.1, -0.05) is 0 Å². The summed E-state index contributed by atoms with van der Waals surface area (Å²) in [5, 5.41) is 3.41. The van der Waals surface area contributed by atoms with Crippen molar-refractivity contribution in [3.05, 3.63) is 35.8 Å². The van der Waals surface area contributed by atoms with Gasteiger partial charge in [0.05, 0.1) is 11.7 Å². The van der Waals surface area contributed by atoms with Gasteiger partial charge in [-0.05, 0) is 31.5 Å². The molecule has 1 N–H and O–H groups in total. The van der Waals surface area contributed by atoms with Crippen molar-refractivity contribution >= 4 is 11.7 Å². The number of aromatic nitrogens is 3. The van der Waals surface area contributed by atoms with E-state index in [1.54, 1.807) is 19.3 Å². The lowest BCUT2D eigenvalue weighted by atomic mass is 10.1. The maximum absolute atomic E-state index is 11.7. The lowest BCUT2D eigenvalue weighted by Crippen LogP contribution is -2.38. The molecular formula is C19H24N6O. The van der Waals surface area contributed by atoms with Crippen LogP contribution in [0.2, 0.25) is 0 Å². The third kappa shape index (κ3) is 3.14. The number of nitrogens with zero attached hydrogens (tertiary/aromatic N) is 5. The van der Waals surface area contributed by atoms with Crippen LogP contribution in [0.3, 0.4) is 0 Å². The SMILES string of the molecule is CC(=O)N(C)C1CCN(c2nc(-c3ccncc3)nc3c2CCNC3)C1. The summed E-state index contributed by atoms with van der Waals surface area (Å²) in [6.07, 6.45) is 5.44. The number of carbonyl (C=O) groups excluding carboxylic acids is 1. The Bertz CT molecular complexity index is 809. The summed E-state index contributed by atoms with van der Waals surface area (Å²) in [4.78, 5) is 29.7. The van der Waals surface area contributed by atoms with Crippen LogP contribution in [0.25, 0.3) is 11.4 Å². The first-order valence-corrected chi connectivity index (χ1v) is 9.12. The summed E-state index contributed by atoms with van der Waals surface area (Å²) in [6, 6.07) is 4.13. The molecule has 2 aromatic heterocycles. The molecule has 0 bridgehead atoms. The fourth-order valence-corrected chi connectivity index (χ4v) is 3.74. The Balaban J connectivity index is 1.70. The van der Waals surface area contributed by atoms with Crippen LogP contribution in [0, 0.1) is 0 Å². The number of anilines is 1. The van der Waals surface area contributed by atoms with Crippen molar-refractivity contribution in [2.45, 2.75) is 32.4 Å². The smallest absolute Gasteiger partial charge is 0.219 e. The molecule has 0 spiro atoms. The van der Waals surface area contributed by atoms with E-state index in [1.165, 1.54) is 5.56 Å². The topological polar surface area (TPSA) is 74.2 Å². The highest BCUT2D eigenvalue weighted by atomic mass is 16.2. The first-order chi connectivity index (χ1) is 12.6. The average molecular weight is 352 g/mol. The third-order valence-corrected chi connectivity index (χ3v) is 5.36. The lowest BCUT2D eigenvalue weighted by molar-refractivity contribution is -0.129. The van der Waals surface area contributed by atoms with E-state index in [4.69, 9.17) is 9.97 Å². The summed E-state index contributed by atoms with van der Waals surface area (Å²) in [5.74, 6) is 1.89. The number of nitrogens with one attached hydrogen (secondary N) is 1. The van der Waals surface area contributed by atoms with Crippen molar-refractivity contribution in [2.75, 3.05) is 31.6 Å². The molecule has 0 aliphatic carbocycles. The Morgan fingerprint density at radius 2 is 2.12 bits per heavy atom. The second kappa shape index (κ2) is 6.99. The van der Waals surface area contributed by atoms with Gasteiger partial charge in [0, 0.05) is 57.1 Å². The van der Waals surface area contributed by atoms with Gasteiger partial charge in [-0.25, -0.2) is 9.97 Å². The van der Waals surface area contributed by atoms with Crippen molar-refractivity contribution in [3.63, 3.8) is 0 Å². The maximum Gasteiger partial charge on any atom is 0.219 e. The second-order valence-electron chi connectivity index (χ2n) is 6.98. The standard InChI is InChI=1S/C19H24N6O/c1-13(26)24(2)15-6-10-25(12-15)19-16-5-9-21-11-17(16)22-18(23-19)14-3-7-20-8-4-14/h3-4,7-8,15,21H,5-6,9-12H2,1-2H3. The number of amides is 1. The van der Waals surface area contributed by atoms with E-state index in [1.807, 2.05) is 24.1 Å². The minimum absolute atomic E-state index is 0.114. The molecule has 0 radical (unpaired) electrons. The van der Waals surface area contributed by atoms with E-state index in [2.05, 4.69) is 15.2 Å². The zero-order chi connectivity index (χ0) is 18.1. The number of likely N-dealkylation sites (N-methyl/N-ethyl adjacent to an activating group) is 1. The van der Waals surface area contributed by atoms with Gasteiger partial charge in [0.2, 0.25) is 5.91 Å². The van der Waals surface area contributed by atoms with E-state index < -0.39 is 0 Å². The molecular weight excluding hydrogens is 328 g/mol. The molecule has 7 nitrogen and oxygen atoms in total. The molecule has 1 fully saturated rings. The van der Waals surface area contributed by atoms with Crippen LogP contribution >= 0.6 is 0 Å². The van der Waals surface area contributed by atoms with Crippen LogP contribution in [0.5, 0.6) is 0 Å². The normalized spacial score (nSPS) is 19.3. The molecule has 7 heteroatoms. The lowest BCUT2D eigenvalue weighted by Gasteiger charge is -2.27. The van der Waals surface area contributed by atoms with Gasteiger partial charge < -0.3 is 15.1 Å². The number of rotatable bonds is 3. The number of hydrogen-bond acceptors (Lipinski definition) is 6. The van der Waals surface area contributed by atoms with Gasteiger partial charge in [-0.3, -0.25) is 9.78 Å². The molecule has 0 aromatic carbocycles. The highest BCUT2D eigenvalue weighted by Crippen LogP contribution is 2.30. The Morgan fingerprint density at radius 1 is 1.31 bits per heavy atom. The van der Waals surface area contributed by atoms with E-state index in [9.17, 15) is 4.79 Å². The molecule has 1 unspecified atom stereocenters. The highest BCUT2D eigenvalue weighted by Gasteiger charge is 2.31. The molecule has 1 atom stereocenters. The second-order valence-corrected chi connectivity index (χ2v) is 6.98. The third-order valence-electron chi connectivity index (χ3n) is 5.36. The summed E-state index contributed by atoms with van der Waals surface area (Å²) in [5.41, 5.74) is 3.30. The minimum Gasteiger partial charge on any atom is -0.354 e. The van der Waals surface area contributed by atoms with Gasteiger partial charge >= 0.3 is 0 Å². The van der Waals surface area contributed by atoms with Crippen molar-refractivity contribution < 1.29 is 4.79 Å². The summed E-state index contributed by atoms with van der Waals surface area (Å²) in [7, 11) is 1.89. The van der Waals surface area contributed by atoms with E-state index in [0.717, 1.165) is 61.9 Å². The Kier molecular flexibility index (Phi) is 4.55. The Labute approximate surface area is 153 Å². The predicted molar refractivity (Wildman–Crippen MR) is 99.7 cm³/mol. The first kappa shape index (κ1) is 16.9. The van der Waals surface area contributed by atoms with Crippen LogP contribution in [0.15, 0.2) is 24.5 Å². The van der Waals surface area contributed by atoms with Crippen molar-refractivity contribution in [2.24, 2.45) is 0 Å². The average Bonchev–Trinajstić information content (AvgIpc) is 3.17. The maximum atomic E-state index is 11.7. The molecule has 2 aliphatic rings. The molecule has 4 rings (SSSR count). The number of carbonyl (C=O) groups is 1. The first-order valence-electron chi connectivity index (χ1n) is 9.12. The molecule has 4 heterocycles. The molecule has 1 saturated heterocycles. The van der Waals surface area contributed by atoms with Crippen molar-refractivity contribution in [1.82, 2.24) is 25.2 Å². The van der Waals surface area contributed by atoms with Crippen LogP contribution in [-0.4, -0.2) is 58.5 Å². The monoisotopic (exact) mass is 352 g/mol. The molecule has 2 aliphatic heterocycles. The Hall–Kier alpha value is -2.54. The number of fused-ring (bicyclic) bond motifs is 1. The molecule has 136 valence electrons. The quantitative estimate of drug-likeness (QED) is 0.896. The summed E-state index contributed by atoms with van der Waals surface area (Å²) < 4.78 is 0. The fourth-order valence-electron chi connectivity index (χ4n) is 3.74. The van der Waals surface area contributed by atoms with Crippen LogP contribution in [0.4, 0.5) is 5.82 Å². The number of pyridine rings is 1. The van der Waals surface area contributed by atoms with Gasteiger partial charge in [0.1, 0.15) is 5.82 Å². The van der Waals surface area contributed by atoms with Crippen molar-refractivity contribution in [1.29, 1.82) is 0 Å². The molecule has 1 amide bonds. The van der Waals surface area contributed by atoms with Gasteiger partial charge in [0.15, 0.2) is 5.82 Å². The molecule has 2 aromatic rings. The highest BCUT2D eigenvalue weighted by molar-refractivity contribution is 5.73. The van der Waals surface area contributed by atoms with Crippen LogP contribution in [0.1, 0.15) is 24.6 Å². The minimum atomic E-state index is 0.114. The zero-order valence-corrected chi connectivity index (χ0v) is 15.3. The van der Waals surface area contributed by atoms with Gasteiger partial charge in [-0.2, -0.15) is 0 Å².